The summed E-state index contributed by atoms with van der Waals surface area (Å²) in [4.78, 5) is 11.8. The predicted octanol–water partition coefficient (Wildman–Crippen LogP) is 4.07. The fraction of sp³-hybridized carbons (Fsp3) is 0.789. The molecular weight excluding hydrogens is 332 g/mol. The Hall–Kier alpha value is -1.14. The maximum absolute atomic E-state index is 5.35. The minimum absolute atomic E-state index is 0.0549. The van der Waals surface area contributed by atoms with Crippen LogP contribution in [0.3, 0.4) is 0 Å². The van der Waals surface area contributed by atoms with E-state index in [-0.39, 0.29) is 6.10 Å². The van der Waals surface area contributed by atoms with E-state index in [9.17, 15) is 0 Å². The van der Waals surface area contributed by atoms with Crippen molar-refractivity contribution in [1.29, 1.82) is 0 Å². The summed E-state index contributed by atoms with van der Waals surface area (Å²) in [6.07, 6.45) is 5.43. The lowest BCUT2D eigenvalue weighted by molar-refractivity contribution is 0.119. The van der Waals surface area contributed by atoms with Crippen LogP contribution < -0.4 is 5.32 Å². The normalized spacial score (nSPS) is 22.7. The molecule has 1 aromatic rings. The molecule has 3 unspecified atom stereocenters. The monoisotopic (exact) mass is 366 g/mol. The molecule has 3 atom stereocenters. The summed E-state index contributed by atoms with van der Waals surface area (Å²) in [5.74, 6) is 2.57. The van der Waals surface area contributed by atoms with Gasteiger partial charge in [0.15, 0.2) is 5.96 Å². The quantitative estimate of drug-likeness (QED) is 0.584. The molecule has 1 aromatic heterocycles. The largest absolute Gasteiger partial charge is 0.375 e. The van der Waals surface area contributed by atoms with Crippen molar-refractivity contribution < 1.29 is 4.74 Å². The number of nitrogens with zero attached hydrogens (tertiary/aromatic N) is 3. The van der Waals surface area contributed by atoms with Crippen LogP contribution in [-0.2, 0) is 11.3 Å². The lowest BCUT2D eigenvalue weighted by atomic mass is 9.82. The van der Waals surface area contributed by atoms with Gasteiger partial charge >= 0.3 is 0 Å². The van der Waals surface area contributed by atoms with Gasteiger partial charge in [0.05, 0.1) is 12.2 Å². The molecule has 2 rings (SSSR count). The molecule has 0 aromatic carbocycles. The SMILES string of the molecule is CCNC(=NCC1CCCC(C)C1)N(C)Cc1csc(C(C)OC)n1. The first kappa shape index (κ1) is 20.2. The van der Waals surface area contributed by atoms with Gasteiger partial charge in [-0.15, -0.1) is 11.3 Å². The van der Waals surface area contributed by atoms with Gasteiger partial charge in [0.1, 0.15) is 11.1 Å². The molecule has 1 N–H and O–H groups in total. The van der Waals surface area contributed by atoms with E-state index >= 15 is 0 Å². The lowest BCUT2D eigenvalue weighted by Gasteiger charge is -2.27. The van der Waals surface area contributed by atoms with Crippen molar-refractivity contribution in [2.75, 3.05) is 27.2 Å². The zero-order chi connectivity index (χ0) is 18.2. The molecular formula is C19H34N4OS. The van der Waals surface area contributed by atoms with Gasteiger partial charge in [0.2, 0.25) is 0 Å². The summed E-state index contributed by atoms with van der Waals surface area (Å²) in [6.45, 7) is 9.09. The molecule has 0 saturated heterocycles. The Kier molecular flexibility index (Phi) is 8.16. The second-order valence-corrected chi connectivity index (χ2v) is 8.13. The Morgan fingerprint density at radius 3 is 3.00 bits per heavy atom. The second-order valence-electron chi connectivity index (χ2n) is 7.24. The summed E-state index contributed by atoms with van der Waals surface area (Å²) < 4.78 is 5.35. The van der Waals surface area contributed by atoms with Crippen molar-refractivity contribution in [3.05, 3.63) is 16.1 Å². The molecule has 0 spiro atoms. The highest BCUT2D eigenvalue weighted by Crippen LogP contribution is 2.28. The first-order valence-electron chi connectivity index (χ1n) is 9.50. The van der Waals surface area contributed by atoms with E-state index in [1.165, 1.54) is 25.7 Å². The Balaban J connectivity index is 1.95. The van der Waals surface area contributed by atoms with E-state index in [2.05, 4.69) is 36.5 Å². The topological polar surface area (TPSA) is 49.8 Å². The fourth-order valence-electron chi connectivity index (χ4n) is 3.41. The molecule has 1 fully saturated rings. The van der Waals surface area contributed by atoms with Crippen LogP contribution in [0.1, 0.15) is 63.3 Å². The van der Waals surface area contributed by atoms with E-state index in [0.717, 1.165) is 48.1 Å². The zero-order valence-electron chi connectivity index (χ0n) is 16.4. The number of hydrogen-bond donors (Lipinski definition) is 1. The zero-order valence-corrected chi connectivity index (χ0v) is 17.2. The highest BCUT2D eigenvalue weighted by molar-refractivity contribution is 7.09. The van der Waals surface area contributed by atoms with Crippen LogP contribution in [0, 0.1) is 11.8 Å². The first-order chi connectivity index (χ1) is 12.0. The van der Waals surface area contributed by atoms with Gasteiger partial charge in [-0.2, -0.15) is 0 Å². The molecule has 0 bridgehead atoms. The molecule has 142 valence electrons. The van der Waals surface area contributed by atoms with E-state index < -0.39 is 0 Å². The van der Waals surface area contributed by atoms with E-state index in [1.54, 1.807) is 18.4 Å². The molecule has 5 nitrogen and oxygen atoms in total. The third-order valence-corrected chi connectivity index (χ3v) is 5.97. The van der Waals surface area contributed by atoms with E-state index in [4.69, 9.17) is 14.7 Å². The number of thiazole rings is 1. The number of aliphatic imine (C=N–C) groups is 1. The van der Waals surface area contributed by atoms with Crippen LogP contribution in [0.4, 0.5) is 0 Å². The number of nitrogens with one attached hydrogen (secondary N) is 1. The van der Waals surface area contributed by atoms with Gasteiger partial charge in [-0.05, 0) is 38.5 Å². The van der Waals surface area contributed by atoms with Crippen LogP contribution in [-0.4, -0.2) is 43.1 Å². The highest BCUT2D eigenvalue weighted by Gasteiger charge is 2.19. The third-order valence-electron chi connectivity index (χ3n) is 4.91. The minimum Gasteiger partial charge on any atom is -0.375 e. The van der Waals surface area contributed by atoms with Crippen molar-refractivity contribution in [1.82, 2.24) is 15.2 Å². The third kappa shape index (κ3) is 6.26. The van der Waals surface area contributed by atoms with Gasteiger partial charge in [0, 0.05) is 32.6 Å². The van der Waals surface area contributed by atoms with Crippen molar-refractivity contribution in [3.63, 3.8) is 0 Å². The van der Waals surface area contributed by atoms with Crippen molar-refractivity contribution in [2.24, 2.45) is 16.8 Å². The summed E-state index contributed by atoms with van der Waals surface area (Å²) >= 11 is 1.66. The van der Waals surface area contributed by atoms with Gasteiger partial charge in [0.25, 0.3) is 0 Å². The molecule has 6 heteroatoms. The van der Waals surface area contributed by atoms with Crippen LogP contribution in [0.15, 0.2) is 10.4 Å². The number of hydrogen-bond acceptors (Lipinski definition) is 4. The van der Waals surface area contributed by atoms with Crippen LogP contribution >= 0.6 is 11.3 Å². The average molecular weight is 367 g/mol. The molecule has 1 aliphatic carbocycles. The highest BCUT2D eigenvalue weighted by atomic mass is 32.1. The van der Waals surface area contributed by atoms with Crippen molar-refractivity contribution in [2.45, 2.75) is 59.1 Å². The second kappa shape index (κ2) is 10.1. The summed E-state index contributed by atoms with van der Waals surface area (Å²) in [7, 11) is 3.81. The maximum atomic E-state index is 5.35. The van der Waals surface area contributed by atoms with Gasteiger partial charge in [-0.25, -0.2) is 4.98 Å². The Morgan fingerprint density at radius 1 is 1.52 bits per heavy atom. The molecule has 1 saturated carbocycles. The molecule has 0 radical (unpaired) electrons. The standard InChI is InChI=1S/C19H34N4OS/c1-6-20-19(21-11-16-9-7-8-14(2)10-16)23(4)12-17-13-25-18(22-17)15(3)24-5/h13-16H,6-12H2,1-5H3,(H,20,21). The average Bonchev–Trinajstić information content (AvgIpc) is 3.06. The summed E-state index contributed by atoms with van der Waals surface area (Å²) in [6, 6.07) is 0. The van der Waals surface area contributed by atoms with Crippen molar-refractivity contribution in [3.8, 4) is 0 Å². The summed E-state index contributed by atoms with van der Waals surface area (Å²) in [5, 5.41) is 6.57. The van der Waals surface area contributed by atoms with E-state index in [0.29, 0.717) is 0 Å². The molecule has 0 amide bonds. The molecule has 1 heterocycles. The predicted molar refractivity (Wildman–Crippen MR) is 106 cm³/mol. The first-order valence-corrected chi connectivity index (χ1v) is 10.4. The maximum Gasteiger partial charge on any atom is 0.194 e. The lowest BCUT2D eigenvalue weighted by Crippen LogP contribution is -2.39. The Labute approximate surface area is 156 Å². The minimum atomic E-state index is 0.0549. The molecule has 25 heavy (non-hydrogen) atoms. The van der Waals surface area contributed by atoms with Gasteiger partial charge in [-0.3, -0.25) is 4.99 Å². The van der Waals surface area contributed by atoms with Gasteiger partial charge < -0.3 is 15.0 Å². The van der Waals surface area contributed by atoms with Crippen LogP contribution in [0.25, 0.3) is 0 Å². The van der Waals surface area contributed by atoms with Gasteiger partial charge in [-0.1, -0.05) is 19.8 Å². The number of guanidine groups is 1. The number of rotatable bonds is 7. The smallest absolute Gasteiger partial charge is 0.194 e. The van der Waals surface area contributed by atoms with E-state index in [1.807, 2.05) is 6.92 Å². The Morgan fingerprint density at radius 2 is 2.32 bits per heavy atom. The molecule has 0 aliphatic heterocycles. The van der Waals surface area contributed by atoms with Crippen molar-refractivity contribution >= 4 is 17.3 Å². The number of ether oxygens (including phenoxy) is 1. The fourth-order valence-corrected chi connectivity index (χ4v) is 4.25. The number of methoxy groups -OCH3 is 1. The Bertz CT molecular complexity index is 545. The molecule has 1 aliphatic rings. The van der Waals surface area contributed by atoms with Crippen LogP contribution in [0.5, 0.6) is 0 Å². The summed E-state index contributed by atoms with van der Waals surface area (Å²) in [5.41, 5.74) is 1.07. The number of aromatic nitrogens is 1. The van der Waals surface area contributed by atoms with Crippen LogP contribution in [0.2, 0.25) is 0 Å².